The van der Waals surface area contributed by atoms with Crippen LogP contribution in [0.2, 0.25) is 0 Å². The summed E-state index contributed by atoms with van der Waals surface area (Å²) in [4.78, 5) is 16.1. The molecule has 0 spiro atoms. The number of hydrogen-bond acceptors (Lipinski definition) is 2. The van der Waals surface area contributed by atoms with Crippen molar-refractivity contribution in [3.63, 3.8) is 0 Å². The second-order valence-electron chi connectivity index (χ2n) is 3.89. The Morgan fingerprint density at radius 3 is 2.71 bits per heavy atom. The average Bonchev–Trinajstić information content (AvgIpc) is 2.85. The van der Waals surface area contributed by atoms with E-state index < -0.39 is 0 Å². The predicted octanol–water partition coefficient (Wildman–Crippen LogP) is 1.70. The van der Waals surface area contributed by atoms with Gasteiger partial charge in [0.15, 0.2) is 0 Å². The van der Waals surface area contributed by atoms with Crippen LogP contribution >= 0.6 is 0 Å². The van der Waals surface area contributed by atoms with E-state index in [0.717, 1.165) is 11.3 Å². The number of fused-ring (bicyclic) bond motifs is 1. The Hall–Kier alpha value is -2.36. The summed E-state index contributed by atoms with van der Waals surface area (Å²) in [5.74, 6) is 0.649. The molecule has 4 heteroatoms. The quantitative estimate of drug-likeness (QED) is 0.632. The largest absolute Gasteiger partial charge is 0.314 e. The summed E-state index contributed by atoms with van der Waals surface area (Å²) in [6.07, 6.45) is 3.30. The minimum atomic E-state index is -0.0607. The van der Waals surface area contributed by atoms with E-state index in [1.165, 1.54) is 4.40 Å². The van der Waals surface area contributed by atoms with Gasteiger partial charge in [-0.3, -0.25) is 9.20 Å². The van der Waals surface area contributed by atoms with Crippen LogP contribution in [0.1, 0.15) is 0 Å². The molecule has 0 aliphatic carbocycles. The number of benzene rings is 1. The average molecular weight is 225 g/mol. The molecule has 3 rings (SSSR count). The summed E-state index contributed by atoms with van der Waals surface area (Å²) in [6.45, 7) is 0. The van der Waals surface area contributed by atoms with Gasteiger partial charge in [0.25, 0.3) is 5.56 Å². The highest BCUT2D eigenvalue weighted by atomic mass is 16.1. The van der Waals surface area contributed by atoms with Gasteiger partial charge in [0.05, 0.1) is 5.69 Å². The zero-order chi connectivity index (χ0) is 11.8. The molecule has 2 aromatic heterocycles. The van der Waals surface area contributed by atoms with Crippen LogP contribution in [0.3, 0.4) is 0 Å². The normalized spacial score (nSPS) is 10.9. The number of imidazole rings is 1. The first-order valence-electron chi connectivity index (χ1n) is 5.36. The third kappa shape index (κ3) is 1.45. The lowest BCUT2D eigenvalue weighted by atomic mass is 10.1. The molecule has 0 aliphatic heterocycles. The van der Waals surface area contributed by atoms with Crippen LogP contribution in [0.25, 0.3) is 17.0 Å². The van der Waals surface area contributed by atoms with Gasteiger partial charge in [0.2, 0.25) is 5.78 Å². The van der Waals surface area contributed by atoms with Crippen molar-refractivity contribution in [1.29, 1.82) is 0 Å². The first-order valence-corrected chi connectivity index (χ1v) is 5.36. The Labute approximate surface area is 97.8 Å². The number of aryl methyl sites for hydroxylation is 1. The molecule has 1 aromatic carbocycles. The first-order chi connectivity index (χ1) is 8.27. The van der Waals surface area contributed by atoms with Crippen molar-refractivity contribution >= 4 is 5.78 Å². The molecule has 17 heavy (non-hydrogen) atoms. The Kier molecular flexibility index (Phi) is 2.08. The second kappa shape index (κ2) is 3.59. The highest BCUT2D eigenvalue weighted by molar-refractivity contribution is 5.61. The Bertz CT molecular complexity index is 725. The van der Waals surface area contributed by atoms with Crippen molar-refractivity contribution in [2.75, 3.05) is 0 Å². The lowest BCUT2D eigenvalue weighted by molar-refractivity contribution is 0.876. The molecule has 0 atom stereocenters. The maximum Gasteiger partial charge on any atom is 0.259 e. The number of nitrogens with zero attached hydrogens (tertiary/aromatic N) is 3. The highest BCUT2D eigenvalue weighted by Crippen LogP contribution is 2.17. The van der Waals surface area contributed by atoms with E-state index in [1.807, 2.05) is 41.9 Å². The standard InChI is InChI=1S/C13H11N3O/c1-15-11(10-5-3-2-4-6-10)9-12(17)16-8-7-14-13(15)16/h2-9H,1H3. The van der Waals surface area contributed by atoms with Gasteiger partial charge in [0, 0.05) is 25.5 Å². The van der Waals surface area contributed by atoms with Crippen molar-refractivity contribution < 1.29 is 0 Å². The van der Waals surface area contributed by atoms with E-state index in [1.54, 1.807) is 18.5 Å². The lowest BCUT2D eigenvalue weighted by Gasteiger charge is -2.09. The Morgan fingerprint density at radius 1 is 1.18 bits per heavy atom. The SMILES string of the molecule is Cn1c(-c2ccccc2)cc(=O)n2ccnc12. The molecule has 0 unspecified atom stereocenters. The van der Waals surface area contributed by atoms with Gasteiger partial charge >= 0.3 is 0 Å². The zero-order valence-electron chi connectivity index (χ0n) is 9.37. The molecule has 0 amide bonds. The third-order valence-corrected chi connectivity index (χ3v) is 2.85. The van der Waals surface area contributed by atoms with Crippen LogP contribution in [-0.4, -0.2) is 14.0 Å². The molecule has 3 aromatic rings. The second-order valence-corrected chi connectivity index (χ2v) is 3.89. The Balaban J connectivity index is 2.38. The topological polar surface area (TPSA) is 39.3 Å². The maximum atomic E-state index is 11.9. The third-order valence-electron chi connectivity index (χ3n) is 2.85. The maximum absolute atomic E-state index is 11.9. The predicted molar refractivity (Wildman–Crippen MR) is 65.9 cm³/mol. The molecule has 2 heterocycles. The van der Waals surface area contributed by atoms with Crippen molar-refractivity contribution in [2.45, 2.75) is 0 Å². The fourth-order valence-electron chi connectivity index (χ4n) is 1.99. The number of aromatic nitrogens is 3. The minimum absolute atomic E-state index is 0.0607. The van der Waals surface area contributed by atoms with E-state index in [4.69, 9.17) is 0 Å². The summed E-state index contributed by atoms with van der Waals surface area (Å²) >= 11 is 0. The van der Waals surface area contributed by atoms with Gasteiger partial charge in [-0.2, -0.15) is 0 Å². The number of rotatable bonds is 1. The molecule has 0 saturated heterocycles. The van der Waals surface area contributed by atoms with Crippen LogP contribution in [-0.2, 0) is 7.05 Å². The van der Waals surface area contributed by atoms with E-state index in [-0.39, 0.29) is 5.56 Å². The van der Waals surface area contributed by atoms with Crippen LogP contribution < -0.4 is 5.56 Å². The lowest BCUT2D eigenvalue weighted by Crippen LogP contribution is -2.16. The zero-order valence-corrected chi connectivity index (χ0v) is 9.37. The monoisotopic (exact) mass is 225 g/mol. The fraction of sp³-hybridized carbons (Fsp3) is 0.0769. The van der Waals surface area contributed by atoms with Gasteiger partial charge in [-0.15, -0.1) is 0 Å². The molecular weight excluding hydrogens is 214 g/mol. The van der Waals surface area contributed by atoms with Gasteiger partial charge in [-0.25, -0.2) is 4.98 Å². The van der Waals surface area contributed by atoms with Gasteiger partial charge in [0.1, 0.15) is 0 Å². The molecule has 0 radical (unpaired) electrons. The van der Waals surface area contributed by atoms with E-state index >= 15 is 0 Å². The Morgan fingerprint density at radius 2 is 1.94 bits per heavy atom. The van der Waals surface area contributed by atoms with Crippen molar-refractivity contribution in [2.24, 2.45) is 7.05 Å². The van der Waals surface area contributed by atoms with Crippen LogP contribution in [0.15, 0.2) is 53.6 Å². The van der Waals surface area contributed by atoms with Gasteiger partial charge < -0.3 is 4.57 Å². The smallest absolute Gasteiger partial charge is 0.259 e. The first kappa shape index (κ1) is 9.84. The number of hydrogen-bond donors (Lipinski definition) is 0. The van der Waals surface area contributed by atoms with Crippen LogP contribution in [0, 0.1) is 0 Å². The van der Waals surface area contributed by atoms with Crippen LogP contribution in [0.5, 0.6) is 0 Å². The van der Waals surface area contributed by atoms with Gasteiger partial charge in [-0.05, 0) is 5.56 Å². The van der Waals surface area contributed by atoms with E-state index in [0.29, 0.717) is 5.78 Å². The summed E-state index contributed by atoms with van der Waals surface area (Å²) < 4.78 is 3.45. The van der Waals surface area contributed by atoms with Crippen molar-refractivity contribution in [1.82, 2.24) is 14.0 Å². The van der Waals surface area contributed by atoms with Gasteiger partial charge in [-0.1, -0.05) is 30.3 Å². The summed E-state index contributed by atoms with van der Waals surface area (Å²) in [6, 6.07) is 11.5. The summed E-state index contributed by atoms with van der Waals surface area (Å²) in [5.41, 5.74) is 1.82. The molecule has 0 bridgehead atoms. The van der Waals surface area contributed by atoms with Crippen molar-refractivity contribution in [3.8, 4) is 11.3 Å². The fourth-order valence-corrected chi connectivity index (χ4v) is 1.99. The van der Waals surface area contributed by atoms with E-state index in [9.17, 15) is 4.79 Å². The van der Waals surface area contributed by atoms with Crippen molar-refractivity contribution in [3.05, 3.63) is 59.1 Å². The van der Waals surface area contributed by atoms with Crippen LogP contribution in [0.4, 0.5) is 0 Å². The molecule has 0 aliphatic rings. The molecule has 0 N–H and O–H groups in total. The summed E-state index contributed by atoms with van der Waals surface area (Å²) in [7, 11) is 1.91. The molecule has 4 nitrogen and oxygen atoms in total. The molecular formula is C13H11N3O. The van der Waals surface area contributed by atoms with E-state index in [2.05, 4.69) is 4.98 Å². The minimum Gasteiger partial charge on any atom is -0.314 e. The molecule has 0 fully saturated rings. The molecule has 0 saturated carbocycles. The summed E-state index contributed by atoms with van der Waals surface area (Å²) in [5, 5.41) is 0. The molecule has 84 valence electrons. The highest BCUT2D eigenvalue weighted by Gasteiger charge is 2.07.